The summed E-state index contributed by atoms with van der Waals surface area (Å²) in [7, 11) is 0. The van der Waals surface area contributed by atoms with Gasteiger partial charge < -0.3 is 25.6 Å². The second-order valence-corrected chi connectivity index (χ2v) is 8.59. The van der Waals surface area contributed by atoms with E-state index in [0.717, 1.165) is 25.8 Å². The van der Waals surface area contributed by atoms with Gasteiger partial charge in [-0.1, -0.05) is 31.4 Å². The molecule has 0 aromatic carbocycles. The van der Waals surface area contributed by atoms with Crippen molar-refractivity contribution < 1.29 is 14.9 Å². The van der Waals surface area contributed by atoms with E-state index < -0.39 is 24.5 Å². The van der Waals surface area contributed by atoms with Crippen molar-refractivity contribution in [3.63, 3.8) is 0 Å². The van der Waals surface area contributed by atoms with Crippen LogP contribution in [0.2, 0.25) is 0 Å². The lowest BCUT2D eigenvalue weighted by Gasteiger charge is -2.20. The molecule has 0 bridgehead atoms. The summed E-state index contributed by atoms with van der Waals surface area (Å²) in [6.07, 6.45) is 11.8. The van der Waals surface area contributed by atoms with Crippen LogP contribution >= 0.6 is 0 Å². The quantitative estimate of drug-likeness (QED) is 0.544. The summed E-state index contributed by atoms with van der Waals surface area (Å²) < 4.78 is 7.72. The van der Waals surface area contributed by atoms with Gasteiger partial charge in [0.1, 0.15) is 24.6 Å². The predicted octanol–water partition coefficient (Wildman–Crippen LogP) is 1.50. The third-order valence-electron chi connectivity index (χ3n) is 6.49. The van der Waals surface area contributed by atoms with Crippen LogP contribution in [0.1, 0.15) is 51.2 Å². The summed E-state index contributed by atoms with van der Waals surface area (Å²) >= 11 is 0. The molecular weight excluding hydrogens is 384 g/mol. The topological polar surface area (TPSA) is 117 Å². The molecule has 1 aliphatic carbocycles. The van der Waals surface area contributed by atoms with Crippen molar-refractivity contribution in [2.75, 3.05) is 11.9 Å². The zero-order valence-electron chi connectivity index (χ0n) is 17.0. The Morgan fingerprint density at radius 2 is 1.87 bits per heavy atom. The molecule has 30 heavy (non-hydrogen) atoms. The SMILES string of the molecule is O[C@@H]1[C@H](O)[C@@H](C=CC2CCCCN2)O[C@H]1n1cnc2c(NC3CCCC3)ncnc21. The molecule has 0 amide bonds. The highest BCUT2D eigenvalue weighted by molar-refractivity contribution is 5.82. The molecule has 5 rings (SSSR count). The van der Waals surface area contributed by atoms with E-state index in [-0.39, 0.29) is 6.04 Å². The summed E-state index contributed by atoms with van der Waals surface area (Å²) in [4.78, 5) is 13.2. The van der Waals surface area contributed by atoms with E-state index >= 15 is 0 Å². The van der Waals surface area contributed by atoms with Crippen molar-refractivity contribution in [2.45, 2.75) is 81.6 Å². The third kappa shape index (κ3) is 3.82. The van der Waals surface area contributed by atoms with Crippen LogP contribution in [0, 0.1) is 0 Å². The number of imidazole rings is 1. The van der Waals surface area contributed by atoms with E-state index in [1.54, 1.807) is 10.9 Å². The number of ether oxygens (including phenoxy) is 1. The molecule has 0 radical (unpaired) electrons. The Balaban J connectivity index is 1.35. The predicted molar refractivity (Wildman–Crippen MR) is 112 cm³/mol. The maximum Gasteiger partial charge on any atom is 0.167 e. The molecule has 1 unspecified atom stereocenters. The molecule has 4 heterocycles. The average Bonchev–Trinajstić information content (AvgIpc) is 3.49. The second-order valence-electron chi connectivity index (χ2n) is 8.59. The lowest BCUT2D eigenvalue weighted by Crippen LogP contribution is -2.33. The fourth-order valence-corrected chi connectivity index (χ4v) is 4.77. The number of aromatic nitrogens is 4. The molecule has 2 aromatic heterocycles. The van der Waals surface area contributed by atoms with Gasteiger partial charge in [-0.15, -0.1) is 0 Å². The van der Waals surface area contributed by atoms with Gasteiger partial charge >= 0.3 is 0 Å². The van der Waals surface area contributed by atoms with E-state index in [0.29, 0.717) is 23.0 Å². The number of aliphatic hydroxyl groups excluding tert-OH is 2. The summed E-state index contributed by atoms with van der Waals surface area (Å²) in [6.45, 7) is 1.01. The minimum absolute atomic E-state index is 0.289. The van der Waals surface area contributed by atoms with Crippen molar-refractivity contribution >= 4 is 17.0 Å². The maximum atomic E-state index is 10.7. The van der Waals surface area contributed by atoms with Crippen LogP contribution < -0.4 is 10.6 Å². The Hall–Kier alpha value is -2.07. The van der Waals surface area contributed by atoms with Crippen LogP contribution in [0.15, 0.2) is 24.8 Å². The van der Waals surface area contributed by atoms with Crippen LogP contribution in [0.3, 0.4) is 0 Å². The van der Waals surface area contributed by atoms with Gasteiger partial charge in [0.05, 0.1) is 6.33 Å². The minimum Gasteiger partial charge on any atom is -0.387 e. The van der Waals surface area contributed by atoms with Crippen molar-refractivity contribution in [3.8, 4) is 0 Å². The van der Waals surface area contributed by atoms with E-state index in [1.807, 2.05) is 12.2 Å². The molecule has 9 nitrogen and oxygen atoms in total. The van der Waals surface area contributed by atoms with Gasteiger partial charge in [-0.25, -0.2) is 15.0 Å². The van der Waals surface area contributed by atoms with Crippen LogP contribution in [-0.4, -0.2) is 66.7 Å². The largest absolute Gasteiger partial charge is 0.387 e. The highest BCUT2D eigenvalue weighted by Crippen LogP contribution is 2.33. The zero-order valence-corrected chi connectivity index (χ0v) is 17.0. The number of hydrogen-bond acceptors (Lipinski definition) is 8. The first-order valence-corrected chi connectivity index (χ1v) is 11.1. The molecule has 9 heteroatoms. The van der Waals surface area contributed by atoms with Crippen molar-refractivity contribution in [2.24, 2.45) is 0 Å². The van der Waals surface area contributed by atoms with Gasteiger partial charge in [0.15, 0.2) is 23.2 Å². The van der Waals surface area contributed by atoms with Crippen LogP contribution in [-0.2, 0) is 4.74 Å². The normalized spacial score (nSPS) is 33.1. The van der Waals surface area contributed by atoms with Crippen LogP contribution in [0.25, 0.3) is 11.2 Å². The molecule has 3 aliphatic rings. The molecule has 162 valence electrons. The highest BCUT2D eigenvalue weighted by Gasteiger charge is 2.43. The monoisotopic (exact) mass is 414 g/mol. The first-order valence-electron chi connectivity index (χ1n) is 11.1. The number of anilines is 1. The number of fused-ring (bicyclic) bond motifs is 1. The minimum atomic E-state index is -1.07. The Morgan fingerprint density at radius 1 is 1.03 bits per heavy atom. The lowest BCUT2D eigenvalue weighted by atomic mass is 10.0. The number of aliphatic hydroxyl groups is 2. The smallest absolute Gasteiger partial charge is 0.167 e. The summed E-state index contributed by atoms with van der Waals surface area (Å²) in [6, 6.07) is 0.697. The molecule has 3 fully saturated rings. The number of nitrogens with zero attached hydrogens (tertiary/aromatic N) is 4. The van der Waals surface area contributed by atoms with E-state index in [4.69, 9.17) is 4.74 Å². The van der Waals surface area contributed by atoms with Gasteiger partial charge in [0, 0.05) is 12.1 Å². The molecule has 5 atom stereocenters. The Bertz CT molecular complexity index is 890. The van der Waals surface area contributed by atoms with Gasteiger partial charge in [0.2, 0.25) is 0 Å². The summed E-state index contributed by atoms with van der Waals surface area (Å²) in [5, 5.41) is 28.1. The average molecular weight is 415 g/mol. The summed E-state index contributed by atoms with van der Waals surface area (Å²) in [5.74, 6) is 0.707. The van der Waals surface area contributed by atoms with Gasteiger partial charge in [-0.05, 0) is 32.2 Å². The van der Waals surface area contributed by atoms with Crippen LogP contribution in [0.4, 0.5) is 5.82 Å². The van der Waals surface area contributed by atoms with Crippen molar-refractivity contribution in [3.05, 3.63) is 24.8 Å². The van der Waals surface area contributed by atoms with E-state index in [9.17, 15) is 10.2 Å². The number of rotatable bonds is 5. The van der Waals surface area contributed by atoms with Crippen molar-refractivity contribution in [1.29, 1.82) is 0 Å². The number of hydrogen-bond donors (Lipinski definition) is 4. The first kappa shape index (κ1) is 19.9. The number of piperidine rings is 1. The van der Waals surface area contributed by atoms with E-state index in [1.165, 1.54) is 32.0 Å². The fraction of sp³-hybridized carbons (Fsp3) is 0.667. The molecule has 2 aromatic rings. The molecular formula is C21H30N6O3. The van der Waals surface area contributed by atoms with Crippen molar-refractivity contribution in [1.82, 2.24) is 24.8 Å². The first-order chi connectivity index (χ1) is 14.7. The molecule has 1 saturated carbocycles. The standard InChI is InChI=1S/C21H30N6O3/c28-17-15(9-8-13-5-3-4-10-22-13)30-21(18(17)29)27-12-25-16-19(23-11-24-20(16)27)26-14-6-1-2-7-14/h8-9,11-15,17-18,21-22,28-29H,1-7,10H2,(H,23,24,26)/t13?,15-,17-,18-,21-/m1/s1. The Labute approximate surface area is 175 Å². The van der Waals surface area contributed by atoms with Gasteiger partial charge in [0.25, 0.3) is 0 Å². The zero-order chi connectivity index (χ0) is 20.5. The summed E-state index contributed by atoms with van der Waals surface area (Å²) in [5.41, 5.74) is 1.24. The highest BCUT2D eigenvalue weighted by atomic mass is 16.6. The molecule has 0 spiro atoms. The molecule has 2 aliphatic heterocycles. The Kier molecular flexibility index (Phi) is 5.68. The maximum absolute atomic E-state index is 10.7. The molecule has 4 N–H and O–H groups in total. The van der Waals surface area contributed by atoms with Gasteiger partial charge in [-0.2, -0.15) is 0 Å². The second kappa shape index (κ2) is 8.58. The van der Waals surface area contributed by atoms with Crippen LogP contribution in [0.5, 0.6) is 0 Å². The Morgan fingerprint density at radius 3 is 2.67 bits per heavy atom. The third-order valence-corrected chi connectivity index (χ3v) is 6.49. The number of nitrogens with one attached hydrogen (secondary N) is 2. The fourth-order valence-electron chi connectivity index (χ4n) is 4.77. The van der Waals surface area contributed by atoms with E-state index in [2.05, 4.69) is 25.6 Å². The molecule has 2 saturated heterocycles. The lowest BCUT2D eigenvalue weighted by molar-refractivity contribution is -0.0245. The van der Waals surface area contributed by atoms with Gasteiger partial charge in [-0.3, -0.25) is 4.57 Å².